The second kappa shape index (κ2) is 5.59. The van der Waals surface area contributed by atoms with Crippen LogP contribution in [-0.2, 0) is 4.79 Å². The van der Waals surface area contributed by atoms with E-state index in [1.54, 1.807) is 11.9 Å². The van der Waals surface area contributed by atoms with E-state index in [0.29, 0.717) is 20.9 Å². The third kappa shape index (κ3) is 2.25. The Hall–Kier alpha value is -3.32. The molecule has 0 spiro atoms. The van der Waals surface area contributed by atoms with Gasteiger partial charge in [0.05, 0.1) is 11.3 Å². The van der Waals surface area contributed by atoms with Gasteiger partial charge in [0.2, 0.25) is 4.96 Å². The maximum Gasteiger partial charge on any atom is 0.291 e. The number of nitrogens with zero attached hydrogens (tertiary/aromatic N) is 4. The Balaban J connectivity index is 1.76. The van der Waals surface area contributed by atoms with Gasteiger partial charge in [-0.3, -0.25) is 9.59 Å². The second-order valence-electron chi connectivity index (χ2n) is 6.49. The maximum absolute atomic E-state index is 13.0. The zero-order chi connectivity index (χ0) is 18.7. The molecule has 3 heterocycles. The summed E-state index contributed by atoms with van der Waals surface area (Å²) in [6.07, 6.45) is 0. The summed E-state index contributed by atoms with van der Waals surface area (Å²) >= 11 is 1.20. The van der Waals surface area contributed by atoms with Gasteiger partial charge in [-0.25, -0.2) is 0 Å². The van der Waals surface area contributed by atoms with Crippen molar-refractivity contribution in [3.63, 3.8) is 0 Å². The number of thiazole rings is 1. The van der Waals surface area contributed by atoms with Crippen molar-refractivity contribution >= 4 is 33.5 Å². The van der Waals surface area contributed by atoms with Crippen molar-refractivity contribution in [2.24, 2.45) is 0 Å². The molecule has 1 amide bonds. The molecule has 2 aromatic heterocycles. The van der Waals surface area contributed by atoms with E-state index < -0.39 is 0 Å². The van der Waals surface area contributed by atoms with E-state index in [0.717, 1.165) is 22.4 Å². The smallest absolute Gasteiger partial charge is 0.291 e. The Morgan fingerprint density at radius 2 is 1.85 bits per heavy atom. The number of para-hydroxylation sites is 1. The quantitative estimate of drug-likeness (QED) is 0.511. The monoisotopic (exact) mass is 374 g/mol. The van der Waals surface area contributed by atoms with Crippen molar-refractivity contribution in [1.82, 2.24) is 14.6 Å². The van der Waals surface area contributed by atoms with Crippen molar-refractivity contribution < 1.29 is 4.79 Å². The van der Waals surface area contributed by atoms with Gasteiger partial charge in [0, 0.05) is 18.2 Å². The van der Waals surface area contributed by atoms with E-state index in [1.165, 1.54) is 15.9 Å². The lowest BCUT2D eigenvalue weighted by atomic mass is 10.1. The number of fused-ring (bicyclic) bond motifs is 2. The van der Waals surface area contributed by atoms with Gasteiger partial charge in [0.25, 0.3) is 11.5 Å². The molecule has 0 N–H and O–H groups in total. The Bertz CT molecular complexity index is 1350. The molecule has 0 atom stereocenters. The number of hydrogen-bond donors (Lipinski definition) is 0. The molecule has 0 radical (unpaired) electrons. The van der Waals surface area contributed by atoms with Gasteiger partial charge < -0.3 is 4.90 Å². The zero-order valence-electron chi connectivity index (χ0n) is 14.6. The van der Waals surface area contributed by atoms with Crippen LogP contribution in [0.3, 0.4) is 0 Å². The summed E-state index contributed by atoms with van der Waals surface area (Å²) in [5.74, 6) is 0.325. The van der Waals surface area contributed by atoms with Crippen LogP contribution in [0.2, 0.25) is 0 Å². The highest BCUT2D eigenvalue weighted by Crippen LogP contribution is 2.33. The fourth-order valence-corrected chi connectivity index (χ4v) is 4.38. The van der Waals surface area contributed by atoms with E-state index in [4.69, 9.17) is 0 Å². The predicted octanol–water partition coefficient (Wildman–Crippen LogP) is 2.02. The van der Waals surface area contributed by atoms with Crippen molar-refractivity contribution in [1.29, 1.82) is 0 Å². The fraction of sp³-hybridized carbons (Fsp3) is 0.100. The minimum atomic E-state index is -0.310. The summed E-state index contributed by atoms with van der Waals surface area (Å²) in [6.45, 7) is 2.00. The molecule has 0 unspecified atom stereocenters. The first-order chi connectivity index (χ1) is 13.0. The van der Waals surface area contributed by atoms with Crippen LogP contribution in [0.15, 0.2) is 53.3 Å². The number of rotatable bonds is 1. The zero-order valence-corrected chi connectivity index (χ0v) is 15.4. The summed E-state index contributed by atoms with van der Waals surface area (Å²) in [5, 5.41) is 4.38. The third-order valence-corrected chi connectivity index (χ3v) is 5.74. The number of benzene rings is 2. The molecule has 0 fully saturated rings. The molecule has 1 aliphatic rings. The highest BCUT2D eigenvalue weighted by molar-refractivity contribution is 7.15. The summed E-state index contributed by atoms with van der Waals surface area (Å²) < 4.78 is 1.67. The SMILES string of the molecule is Cc1cccc(-c2nc3sc(=C4C(=O)N(C)c5ccccc54)c(=O)n3n2)c1. The number of carbonyl (C=O) groups excluding carboxylic acids is 1. The van der Waals surface area contributed by atoms with E-state index in [2.05, 4.69) is 10.1 Å². The molecule has 6 nitrogen and oxygen atoms in total. The Morgan fingerprint density at radius 3 is 2.63 bits per heavy atom. The van der Waals surface area contributed by atoms with E-state index in [1.807, 2.05) is 55.5 Å². The van der Waals surface area contributed by atoms with Crippen LogP contribution in [0.4, 0.5) is 5.69 Å². The van der Waals surface area contributed by atoms with Crippen molar-refractivity contribution in [3.8, 4) is 11.4 Å². The highest BCUT2D eigenvalue weighted by Gasteiger charge is 2.31. The highest BCUT2D eigenvalue weighted by atomic mass is 32.1. The maximum atomic E-state index is 13.0. The minimum Gasteiger partial charge on any atom is -0.311 e. The van der Waals surface area contributed by atoms with E-state index in [-0.39, 0.29) is 11.5 Å². The first-order valence-corrected chi connectivity index (χ1v) is 9.24. The van der Waals surface area contributed by atoms with Gasteiger partial charge in [-0.1, -0.05) is 53.3 Å². The summed E-state index contributed by atoms with van der Waals surface area (Å²) in [5.41, 5.74) is 3.64. The Labute approximate surface area is 158 Å². The molecule has 132 valence electrons. The molecule has 0 saturated heterocycles. The van der Waals surface area contributed by atoms with Gasteiger partial charge >= 0.3 is 0 Å². The fourth-order valence-electron chi connectivity index (χ4n) is 3.38. The molecular weight excluding hydrogens is 360 g/mol. The van der Waals surface area contributed by atoms with Gasteiger partial charge in [0.1, 0.15) is 4.53 Å². The standard InChI is InChI=1S/C20H14N4O2S/c1-11-6-5-7-12(10-11)17-21-20-24(22-17)19(26)16(27-20)15-13-8-3-4-9-14(13)23(2)18(15)25/h3-10H,1-2H3. The number of hydrogen-bond acceptors (Lipinski definition) is 5. The average Bonchev–Trinajstić information content (AvgIpc) is 3.29. The molecule has 27 heavy (non-hydrogen) atoms. The number of amides is 1. The van der Waals surface area contributed by atoms with E-state index >= 15 is 0 Å². The van der Waals surface area contributed by atoms with Crippen LogP contribution < -0.4 is 15.0 Å². The van der Waals surface area contributed by atoms with Crippen LogP contribution in [0.5, 0.6) is 0 Å². The molecule has 0 aliphatic carbocycles. The lowest BCUT2D eigenvalue weighted by Gasteiger charge is -2.07. The first kappa shape index (κ1) is 15.9. The number of aryl methyl sites for hydroxylation is 1. The topological polar surface area (TPSA) is 67.6 Å². The Kier molecular flexibility index (Phi) is 3.29. The molecule has 5 rings (SSSR count). The largest absolute Gasteiger partial charge is 0.311 e. The number of carbonyl (C=O) groups is 1. The molecule has 7 heteroatoms. The second-order valence-corrected chi connectivity index (χ2v) is 7.47. The van der Waals surface area contributed by atoms with Crippen molar-refractivity contribution in [2.75, 3.05) is 11.9 Å². The molecule has 2 aromatic carbocycles. The lowest BCUT2D eigenvalue weighted by molar-refractivity contribution is -0.112. The van der Waals surface area contributed by atoms with Crippen LogP contribution >= 0.6 is 11.3 Å². The normalized spacial score (nSPS) is 15.6. The molecular formula is C20H14N4O2S. The van der Waals surface area contributed by atoms with Crippen LogP contribution in [0, 0.1) is 6.92 Å². The summed E-state index contributed by atoms with van der Waals surface area (Å²) in [7, 11) is 1.71. The van der Waals surface area contributed by atoms with Crippen LogP contribution in [0.25, 0.3) is 21.9 Å². The van der Waals surface area contributed by atoms with Crippen molar-refractivity contribution in [2.45, 2.75) is 6.92 Å². The van der Waals surface area contributed by atoms with E-state index in [9.17, 15) is 9.59 Å². The molecule has 4 aromatic rings. The van der Waals surface area contributed by atoms with Gasteiger partial charge in [-0.15, -0.1) is 5.10 Å². The number of likely N-dealkylation sites (N-methyl/N-ethyl adjacent to an activating group) is 1. The van der Waals surface area contributed by atoms with Crippen molar-refractivity contribution in [3.05, 3.63) is 74.5 Å². The number of anilines is 1. The van der Waals surface area contributed by atoms with Gasteiger partial charge in [-0.05, 0) is 19.1 Å². The molecule has 0 bridgehead atoms. The Morgan fingerprint density at radius 1 is 1.04 bits per heavy atom. The lowest BCUT2D eigenvalue weighted by Crippen LogP contribution is -2.30. The molecule has 1 aliphatic heterocycles. The molecule has 0 saturated carbocycles. The summed E-state index contributed by atoms with van der Waals surface area (Å²) in [4.78, 5) is 32.3. The van der Waals surface area contributed by atoms with Gasteiger partial charge in [0.15, 0.2) is 5.82 Å². The van der Waals surface area contributed by atoms with Gasteiger partial charge in [-0.2, -0.15) is 9.50 Å². The van der Waals surface area contributed by atoms with Crippen LogP contribution in [-0.4, -0.2) is 27.6 Å². The summed E-state index contributed by atoms with van der Waals surface area (Å²) in [6, 6.07) is 15.3. The number of aromatic nitrogens is 3. The predicted molar refractivity (Wildman–Crippen MR) is 105 cm³/mol. The minimum absolute atomic E-state index is 0.184. The van der Waals surface area contributed by atoms with Crippen LogP contribution in [0.1, 0.15) is 11.1 Å². The average molecular weight is 374 g/mol. The first-order valence-electron chi connectivity index (χ1n) is 8.43. The third-order valence-electron chi connectivity index (χ3n) is 4.71.